The number of anilines is 1. The highest BCUT2D eigenvalue weighted by molar-refractivity contribution is 5.98. The molecule has 6 heteroatoms. The van der Waals surface area contributed by atoms with Crippen molar-refractivity contribution in [2.75, 3.05) is 25.0 Å². The van der Waals surface area contributed by atoms with Gasteiger partial charge in [0.15, 0.2) is 0 Å². The van der Waals surface area contributed by atoms with Crippen LogP contribution in [-0.2, 0) is 11.3 Å². The van der Waals surface area contributed by atoms with Crippen molar-refractivity contribution in [2.45, 2.75) is 25.6 Å². The lowest BCUT2D eigenvalue weighted by atomic mass is 10.1. The van der Waals surface area contributed by atoms with Crippen LogP contribution in [0.15, 0.2) is 42.9 Å². The Balaban J connectivity index is 1.66. The molecule has 0 aliphatic carbocycles. The number of amides is 1. The van der Waals surface area contributed by atoms with E-state index in [2.05, 4.69) is 20.2 Å². The zero-order valence-corrected chi connectivity index (χ0v) is 13.8. The van der Waals surface area contributed by atoms with Crippen LogP contribution in [0.25, 0.3) is 0 Å². The molecule has 24 heavy (non-hydrogen) atoms. The van der Waals surface area contributed by atoms with Gasteiger partial charge >= 0.3 is 0 Å². The van der Waals surface area contributed by atoms with Crippen molar-refractivity contribution in [1.82, 2.24) is 15.3 Å². The number of nitrogens with one attached hydrogen (secondary N) is 1. The van der Waals surface area contributed by atoms with Gasteiger partial charge in [0.25, 0.3) is 5.91 Å². The summed E-state index contributed by atoms with van der Waals surface area (Å²) in [5.74, 6) is 0.614. The minimum absolute atomic E-state index is 0.114. The van der Waals surface area contributed by atoms with Crippen LogP contribution >= 0.6 is 0 Å². The Morgan fingerprint density at radius 3 is 3.04 bits per heavy atom. The van der Waals surface area contributed by atoms with Gasteiger partial charge in [0.2, 0.25) is 0 Å². The van der Waals surface area contributed by atoms with Crippen LogP contribution in [0.4, 0.5) is 5.82 Å². The van der Waals surface area contributed by atoms with Gasteiger partial charge in [-0.3, -0.25) is 9.78 Å². The van der Waals surface area contributed by atoms with Crippen LogP contribution in [0.3, 0.4) is 0 Å². The van der Waals surface area contributed by atoms with Gasteiger partial charge in [0.1, 0.15) is 5.82 Å². The topological polar surface area (TPSA) is 67.4 Å². The first-order valence-corrected chi connectivity index (χ1v) is 8.20. The number of piperidine rings is 1. The van der Waals surface area contributed by atoms with E-state index in [0.29, 0.717) is 12.2 Å². The summed E-state index contributed by atoms with van der Waals surface area (Å²) in [4.78, 5) is 22.7. The van der Waals surface area contributed by atoms with E-state index in [-0.39, 0.29) is 12.0 Å². The molecule has 1 atom stereocenters. The lowest BCUT2D eigenvalue weighted by Crippen LogP contribution is -2.41. The van der Waals surface area contributed by atoms with Crippen molar-refractivity contribution >= 4 is 11.7 Å². The second-order valence-corrected chi connectivity index (χ2v) is 5.84. The average molecular weight is 326 g/mol. The van der Waals surface area contributed by atoms with E-state index >= 15 is 0 Å². The maximum absolute atomic E-state index is 12.1. The third-order valence-electron chi connectivity index (χ3n) is 4.14. The van der Waals surface area contributed by atoms with Gasteiger partial charge in [-0.25, -0.2) is 4.98 Å². The molecule has 0 radical (unpaired) electrons. The zero-order valence-electron chi connectivity index (χ0n) is 13.8. The summed E-state index contributed by atoms with van der Waals surface area (Å²) < 4.78 is 6.04. The van der Waals surface area contributed by atoms with Crippen LogP contribution in [0.5, 0.6) is 0 Å². The second-order valence-electron chi connectivity index (χ2n) is 5.84. The van der Waals surface area contributed by atoms with Crippen molar-refractivity contribution in [1.29, 1.82) is 0 Å². The number of rotatable bonds is 5. The largest absolute Gasteiger partial charge is 0.372 e. The fourth-order valence-electron chi connectivity index (χ4n) is 2.93. The standard InChI is InChI=1S/C18H22N4O2/c1-19-18(23)16-7-3-9-21-17(16)22-10-4-6-15(12-22)24-13-14-5-2-8-20-11-14/h2-3,5,7-9,11,15H,4,6,10,12-13H2,1H3,(H,19,23). The Morgan fingerprint density at radius 2 is 2.25 bits per heavy atom. The molecular weight excluding hydrogens is 304 g/mol. The van der Waals surface area contributed by atoms with Crippen LogP contribution in [0.2, 0.25) is 0 Å². The molecule has 3 rings (SSSR count). The van der Waals surface area contributed by atoms with E-state index in [4.69, 9.17) is 4.74 Å². The molecule has 1 saturated heterocycles. The van der Waals surface area contributed by atoms with Crippen LogP contribution in [-0.4, -0.2) is 42.1 Å². The number of pyridine rings is 2. The lowest BCUT2D eigenvalue weighted by molar-refractivity contribution is 0.0312. The first-order chi connectivity index (χ1) is 11.8. The molecule has 3 heterocycles. The smallest absolute Gasteiger partial charge is 0.254 e. The monoisotopic (exact) mass is 326 g/mol. The molecule has 1 fully saturated rings. The molecule has 0 saturated carbocycles. The fraction of sp³-hybridized carbons (Fsp3) is 0.389. The summed E-state index contributed by atoms with van der Waals surface area (Å²) in [6.07, 6.45) is 7.46. The molecule has 2 aromatic rings. The van der Waals surface area contributed by atoms with E-state index in [1.807, 2.05) is 18.3 Å². The Kier molecular flexibility index (Phi) is 5.38. The highest BCUT2D eigenvalue weighted by atomic mass is 16.5. The van der Waals surface area contributed by atoms with Crippen molar-refractivity contribution in [2.24, 2.45) is 0 Å². The number of nitrogens with zero attached hydrogens (tertiary/aromatic N) is 3. The Hall–Kier alpha value is -2.47. The third-order valence-corrected chi connectivity index (χ3v) is 4.14. The summed E-state index contributed by atoms with van der Waals surface area (Å²) in [6.45, 7) is 2.17. The van der Waals surface area contributed by atoms with E-state index in [0.717, 1.165) is 37.3 Å². The van der Waals surface area contributed by atoms with E-state index in [1.165, 1.54) is 0 Å². The number of carbonyl (C=O) groups is 1. The molecular formula is C18H22N4O2. The fourth-order valence-corrected chi connectivity index (χ4v) is 2.93. The molecule has 0 bridgehead atoms. The van der Waals surface area contributed by atoms with Gasteiger partial charge in [0.05, 0.1) is 18.3 Å². The molecule has 1 aliphatic heterocycles. The molecule has 1 N–H and O–H groups in total. The summed E-state index contributed by atoms with van der Waals surface area (Å²) in [7, 11) is 1.63. The number of carbonyl (C=O) groups excluding carboxylic acids is 1. The van der Waals surface area contributed by atoms with Crippen LogP contribution in [0.1, 0.15) is 28.8 Å². The minimum atomic E-state index is -0.114. The van der Waals surface area contributed by atoms with Crippen LogP contribution in [0, 0.1) is 0 Å². The second kappa shape index (κ2) is 7.88. The SMILES string of the molecule is CNC(=O)c1cccnc1N1CCCC(OCc2cccnc2)C1. The quantitative estimate of drug-likeness (QED) is 0.910. The highest BCUT2D eigenvalue weighted by Gasteiger charge is 2.24. The molecule has 1 amide bonds. The maximum atomic E-state index is 12.1. The van der Waals surface area contributed by atoms with E-state index in [9.17, 15) is 4.79 Å². The van der Waals surface area contributed by atoms with Crippen molar-refractivity contribution < 1.29 is 9.53 Å². The lowest BCUT2D eigenvalue weighted by Gasteiger charge is -2.34. The number of hydrogen-bond donors (Lipinski definition) is 1. The zero-order chi connectivity index (χ0) is 16.8. The van der Waals surface area contributed by atoms with Crippen LogP contribution < -0.4 is 10.2 Å². The summed E-state index contributed by atoms with van der Waals surface area (Å²) in [5.41, 5.74) is 1.67. The summed E-state index contributed by atoms with van der Waals surface area (Å²) in [6, 6.07) is 7.51. The van der Waals surface area contributed by atoms with Gasteiger partial charge in [0, 0.05) is 38.7 Å². The van der Waals surface area contributed by atoms with E-state index in [1.54, 1.807) is 31.6 Å². The Morgan fingerprint density at radius 1 is 1.38 bits per heavy atom. The van der Waals surface area contributed by atoms with Gasteiger partial charge in [-0.1, -0.05) is 6.07 Å². The first kappa shape index (κ1) is 16.4. The third kappa shape index (κ3) is 3.89. The van der Waals surface area contributed by atoms with Crippen molar-refractivity contribution in [3.05, 3.63) is 54.0 Å². The molecule has 2 aromatic heterocycles. The molecule has 0 spiro atoms. The minimum Gasteiger partial charge on any atom is -0.372 e. The average Bonchev–Trinajstić information content (AvgIpc) is 2.67. The highest BCUT2D eigenvalue weighted by Crippen LogP contribution is 2.23. The van der Waals surface area contributed by atoms with Gasteiger partial charge in [-0.05, 0) is 36.6 Å². The summed E-state index contributed by atoms with van der Waals surface area (Å²) in [5, 5.41) is 2.67. The van der Waals surface area contributed by atoms with Crippen molar-refractivity contribution in [3.63, 3.8) is 0 Å². The Bertz CT molecular complexity index is 678. The first-order valence-electron chi connectivity index (χ1n) is 8.20. The van der Waals surface area contributed by atoms with Gasteiger partial charge in [-0.2, -0.15) is 0 Å². The normalized spacial score (nSPS) is 17.5. The van der Waals surface area contributed by atoms with E-state index < -0.39 is 0 Å². The number of ether oxygens (including phenoxy) is 1. The molecule has 126 valence electrons. The number of hydrogen-bond acceptors (Lipinski definition) is 5. The number of aromatic nitrogens is 2. The van der Waals surface area contributed by atoms with Gasteiger partial charge < -0.3 is 15.0 Å². The molecule has 1 aliphatic rings. The predicted molar refractivity (Wildman–Crippen MR) is 91.9 cm³/mol. The maximum Gasteiger partial charge on any atom is 0.254 e. The van der Waals surface area contributed by atoms with Crippen molar-refractivity contribution in [3.8, 4) is 0 Å². The van der Waals surface area contributed by atoms with Gasteiger partial charge in [-0.15, -0.1) is 0 Å². The molecule has 0 aromatic carbocycles. The Labute approximate surface area is 141 Å². The summed E-state index contributed by atoms with van der Waals surface area (Å²) >= 11 is 0. The molecule has 6 nitrogen and oxygen atoms in total. The molecule has 1 unspecified atom stereocenters. The predicted octanol–water partition coefficient (Wildman–Crippen LogP) is 2.02.